The van der Waals surface area contributed by atoms with Crippen molar-refractivity contribution in [2.24, 2.45) is 0 Å². The summed E-state index contributed by atoms with van der Waals surface area (Å²) in [5.74, 6) is -0.374. The van der Waals surface area contributed by atoms with E-state index in [1.165, 1.54) is 6.08 Å². The Morgan fingerprint density at radius 3 is 2.67 bits per heavy atom. The van der Waals surface area contributed by atoms with Crippen molar-refractivity contribution in [1.29, 1.82) is 0 Å². The quantitative estimate of drug-likeness (QED) is 0.511. The van der Waals surface area contributed by atoms with Crippen LogP contribution in [0.5, 0.6) is 0 Å². The van der Waals surface area contributed by atoms with E-state index >= 15 is 0 Å². The van der Waals surface area contributed by atoms with E-state index in [4.69, 9.17) is 5.11 Å². The Labute approximate surface area is 108 Å². The second kappa shape index (κ2) is 10.7. The first-order chi connectivity index (χ1) is 8.63. The molecule has 0 aromatic heterocycles. The van der Waals surface area contributed by atoms with Crippen LogP contribution >= 0.6 is 0 Å². The highest BCUT2D eigenvalue weighted by Gasteiger charge is 2.12. The number of rotatable bonds is 9. The van der Waals surface area contributed by atoms with Gasteiger partial charge in [0.15, 0.2) is 0 Å². The van der Waals surface area contributed by atoms with Crippen molar-refractivity contribution in [1.82, 2.24) is 15.5 Å². The van der Waals surface area contributed by atoms with E-state index in [1.54, 1.807) is 0 Å². The van der Waals surface area contributed by atoms with Crippen LogP contribution in [-0.4, -0.2) is 54.7 Å². The topological polar surface area (TPSA) is 81.7 Å². The highest BCUT2D eigenvalue weighted by Crippen LogP contribution is 1.94. The molecule has 3 N–H and O–H groups in total. The standard InChI is InChI=1S/C12H23N3O3/c1-3-5-7-15(8-9-16)10-11(17)14-12(18)13-6-4-2/h4,16H,2-3,5-10H2,1H3,(H2,13,14,17,18). The summed E-state index contributed by atoms with van der Waals surface area (Å²) in [6.07, 6.45) is 3.50. The number of amides is 3. The van der Waals surface area contributed by atoms with Gasteiger partial charge in [-0.3, -0.25) is 15.0 Å². The van der Waals surface area contributed by atoms with Crippen LogP contribution in [0, 0.1) is 0 Å². The van der Waals surface area contributed by atoms with Crippen molar-refractivity contribution in [3.8, 4) is 0 Å². The fourth-order valence-electron chi connectivity index (χ4n) is 1.37. The smallest absolute Gasteiger partial charge is 0.321 e. The fraction of sp³-hybridized carbons (Fsp3) is 0.667. The summed E-state index contributed by atoms with van der Waals surface area (Å²) >= 11 is 0. The maximum absolute atomic E-state index is 11.5. The van der Waals surface area contributed by atoms with Crippen LogP contribution in [0.2, 0.25) is 0 Å². The highest BCUT2D eigenvalue weighted by atomic mass is 16.3. The van der Waals surface area contributed by atoms with Gasteiger partial charge in [-0.1, -0.05) is 19.4 Å². The number of imide groups is 1. The summed E-state index contributed by atoms with van der Waals surface area (Å²) in [4.78, 5) is 24.6. The largest absolute Gasteiger partial charge is 0.395 e. The number of aliphatic hydroxyl groups excluding tert-OH is 1. The maximum Gasteiger partial charge on any atom is 0.321 e. The van der Waals surface area contributed by atoms with Crippen LogP contribution in [0.3, 0.4) is 0 Å². The minimum atomic E-state index is -0.528. The molecule has 0 fully saturated rings. The SMILES string of the molecule is C=CCNC(=O)NC(=O)CN(CCO)CCCC. The zero-order valence-electron chi connectivity index (χ0n) is 10.9. The molecule has 0 aliphatic carbocycles. The zero-order chi connectivity index (χ0) is 13.8. The van der Waals surface area contributed by atoms with E-state index in [0.717, 1.165) is 19.4 Å². The lowest BCUT2D eigenvalue weighted by Crippen LogP contribution is -2.45. The lowest BCUT2D eigenvalue weighted by atomic mass is 10.3. The molecule has 0 unspecified atom stereocenters. The summed E-state index contributed by atoms with van der Waals surface area (Å²) in [7, 11) is 0. The molecule has 6 heteroatoms. The van der Waals surface area contributed by atoms with Crippen LogP contribution in [0.4, 0.5) is 4.79 Å². The molecule has 0 spiro atoms. The molecule has 0 aliphatic heterocycles. The van der Waals surface area contributed by atoms with Gasteiger partial charge in [0.2, 0.25) is 5.91 Å². The highest BCUT2D eigenvalue weighted by molar-refractivity contribution is 5.95. The molecule has 0 saturated carbocycles. The van der Waals surface area contributed by atoms with Gasteiger partial charge in [-0.05, 0) is 13.0 Å². The van der Waals surface area contributed by atoms with Gasteiger partial charge in [-0.25, -0.2) is 4.79 Å². The van der Waals surface area contributed by atoms with Gasteiger partial charge in [0.25, 0.3) is 0 Å². The monoisotopic (exact) mass is 257 g/mol. The van der Waals surface area contributed by atoms with Gasteiger partial charge in [0.05, 0.1) is 13.2 Å². The second-order valence-corrected chi connectivity index (χ2v) is 3.90. The predicted molar refractivity (Wildman–Crippen MR) is 70.2 cm³/mol. The van der Waals surface area contributed by atoms with E-state index in [1.807, 2.05) is 4.90 Å². The van der Waals surface area contributed by atoms with Crippen LogP contribution in [0.1, 0.15) is 19.8 Å². The first-order valence-electron chi connectivity index (χ1n) is 6.15. The summed E-state index contributed by atoms with van der Waals surface area (Å²) in [5.41, 5.74) is 0. The number of nitrogens with one attached hydrogen (secondary N) is 2. The lowest BCUT2D eigenvalue weighted by Gasteiger charge is -2.20. The molecule has 0 aliphatic rings. The summed E-state index contributed by atoms with van der Waals surface area (Å²) in [5, 5.41) is 13.6. The van der Waals surface area contributed by atoms with Gasteiger partial charge < -0.3 is 10.4 Å². The zero-order valence-corrected chi connectivity index (χ0v) is 10.9. The third-order valence-corrected chi connectivity index (χ3v) is 2.27. The summed E-state index contributed by atoms with van der Waals surface area (Å²) in [6.45, 7) is 7.11. The third kappa shape index (κ3) is 8.72. The number of carbonyl (C=O) groups excluding carboxylic acids is 2. The first-order valence-corrected chi connectivity index (χ1v) is 6.15. The minimum Gasteiger partial charge on any atom is -0.395 e. The van der Waals surface area contributed by atoms with Gasteiger partial charge in [0, 0.05) is 13.1 Å². The molecule has 0 aromatic carbocycles. The molecular weight excluding hydrogens is 234 g/mol. The Bertz CT molecular complexity index is 269. The average Bonchev–Trinajstić information content (AvgIpc) is 2.33. The maximum atomic E-state index is 11.5. The molecular formula is C12H23N3O3. The number of hydrogen-bond donors (Lipinski definition) is 3. The minimum absolute atomic E-state index is 0.000342. The Balaban J connectivity index is 3.99. The molecule has 0 atom stereocenters. The molecule has 0 saturated heterocycles. The van der Waals surface area contributed by atoms with E-state index in [-0.39, 0.29) is 19.1 Å². The number of carbonyl (C=O) groups is 2. The van der Waals surface area contributed by atoms with Crippen LogP contribution < -0.4 is 10.6 Å². The molecule has 0 aromatic rings. The molecule has 18 heavy (non-hydrogen) atoms. The number of unbranched alkanes of at least 4 members (excludes halogenated alkanes) is 1. The molecule has 0 bridgehead atoms. The lowest BCUT2D eigenvalue weighted by molar-refractivity contribution is -0.121. The van der Waals surface area contributed by atoms with Gasteiger partial charge in [-0.2, -0.15) is 0 Å². The van der Waals surface area contributed by atoms with Crippen LogP contribution in [0.25, 0.3) is 0 Å². The van der Waals surface area contributed by atoms with E-state index in [0.29, 0.717) is 13.1 Å². The Morgan fingerprint density at radius 1 is 1.39 bits per heavy atom. The number of nitrogens with zero attached hydrogens (tertiary/aromatic N) is 1. The number of aliphatic hydroxyl groups is 1. The van der Waals surface area contributed by atoms with Gasteiger partial charge in [0.1, 0.15) is 0 Å². The molecule has 0 radical (unpaired) electrons. The summed E-state index contributed by atoms with van der Waals surface area (Å²) in [6, 6.07) is -0.528. The molecule has 0 heterocycles. The van der Waals surface area contributed by atoms with Crippen LogP contribution in [0.15, 0.2) is 12.7 Å². The Morgan fingerprint density at radius 2 is 2.11 bits per heavy atom. The number of urea groups is 1. The Hall–Kier alpha value is -1.40. The normalized spacial score (nSPS) is 10.2. The van der Waals surface area contributed by atoms with E-state index < -0.39 is 6.03 Å². The van der Waals surface area contributed by atoms with Crippen LogP contribution in [-0.2, 0) is 4.79 Å². The van der Waals surface area contributed by atoms with Crippen molar-refractivity contribution in [3.05, 3.63) is 12.7 Å². The van der Waals surface area contributed by atoms with Gasteiger partial charge >= 0.3 is 6.03 Å². The second-order valence-electron chi connectivity index (χ2n) is 3.90. The van der Waals surface area contributed by atoms with Gasteiger partial charge in [-0.15, -0.1) is 6.58 Å². The molecule has 3 amide bonds. The Kier molecular flexibility index (Phi) is 9.90. The van der Waals surface area contributed by atoms with Crippen molar-refractivity contribution >= 4 is 11.9 Å². The predicted octanol–water partition coefficient (Wildman–Crippen LogP) is 0.0926. The van der Waals surface area contributed by atoms with E-state index in [9.17, 15) is 9.59 Å². The number of hydrogen-bond acceptors (Lipinski definition) is 4. The molecule has 0 rings (SSSR count). The van der Waals surface area contributed by atoms with E-state index in [2.05, 4.69) is 24.1 Å². The van der Waals surface area contributed by atoms with Crippen molar-refractivity contribution in [2.75, 3.05) is 32.8 Å². The van der Waals surface area contributed by atoms with Crippen molar-refractivity contribution < 1.29 is 14.7 Å². The first kappa shape index (κ1) is 16.6. The molecule has 104 valence electrons. The fourth-order valence-corrected chi connectivity index (χ4v) is 1.37. The third-order valence-electron chi connectivity index (χ3n) is 2.27. The van der Waals surface area contributed by atoms with Crippen molar-refractivity contribution in [3.63, 3.8) is 0 Å². The summed E-state index contributed by atoms with van der Waals surface area (Å²) < 4.78 is 0. The molecule has 6 nitrogen and oxygen atoms in total. The average molecular weight is 257 g/mol. The van der Waals surface area contributed by atoms with Crippen molar-refractivity contribution in [2.45, 2.75) is 19.8 Å².